The number of aromatic hydroxyl groups is 1. The van der Waals surface area contributed by atoms with E-state index in [0.717, 1.165) is 5.56 Å². The molecule has 0 aliphatic carbocycles. The minimum absolute atomic E-state index is 0.0262. The molecule has 0 saturated carbocycles. The van der Waals surface area contributed by atoms with Crippen molar-refractivity contribution in [1.29, 1.82) is 0 Å². The van der Waals surface area contributed by atoms with Crippen molar-refractivity contribution in [3.05, 3.63) is 58.1 Å². The summed E-state index contributed by atoms with van der Waals surface area (Å²) in [5, 5.41) is 12.3. The molecule has 0 aliphatic heterocycles. The molecule has 2 aromatic carbocycles. The molecule has 2 rings (SSSR count). The van der Waals surface area contributed by atoms with Crippen molar-refractivity contribution in [2.45, 2.75) is 5.88 Å². The summed E-state index contributed by atoms with van der Waals surface area (Å²) < 4.78 is 0.546. The van der Waals surface area contributed by atoms with E-state index in [1.807, 2.05) is 18.2 Å². The number of alkyl halides is 1. The van der Waals surface area contributed by atoms with Gasteiger partial charge in [0.15, 0.2) is 0 Å². The first-order chi connectivity index (χ1) is 9.11. The highest BCUT2D eigenvalue weighted by Crippen LogP contribution is 2.25. The zero-order chi connectivity index (χ0) is 13.8. The van der Waals surface area contributed by atoms with E-state index in [9.17, 15) is 9.90 Å². The highest BCUT2D eigenvalue weighted by Gasteiger charge is 2.10. The second-order valence-corrected chi connectivity index (χ2v) is 5.03. The van der Waals surface area contributed by atoms with Crippen LogP contribution in [0.5, 0.6) is 5.75 Å². The Morgan fingerprint density at radius 2 is 2.00 bits per heavy atom. The first-order valence-corrected chi connectivity index (χ1v) is 6.88. The van der Waals surface area contributed by atoms with Crippen LogP contribution in [-0.4, -0.2) is 11.0 Å². The van der Waals surface area contributed by atoms with Crippen LogP contribution in [0, 0.1) is 0 Å². The average Bonchev–Trinajstić information content (AvgIpc) is 2.42. The number of hydrogen-bond acceptors (Lipinski definition) is 2. The maximum absolute atomic E-state index is 12.1. The zero-order valence-corrected chi connectivity index (χ0v) is 12.2. The predicted octanol–water partition coefficient (Wildman–Crippen LogP) is 4.15. The molecule has 19 heavy (non-hydrogen) atoms. The summed E-state index contributed by atoms with van der Waals surface area (Å²) in [6.07, 6.45) is 0. The molecule has 3 nitrogen and oxygen atoms in total. The molecule has 0 aromatic heterocycles. The van der Waals surface area contributed by atoms with Gasteiger partial charge in [0, 0.05) is 17.1 Å². The Morgan fingerprint density at radius 1 is 1.26 bits per heavy atom. The maximum atomic E-state index is 12.1. The molecule has 2 N–H and O–H groups in total. The van der Waals surface area contributed by atoms with E-state index in [0.29, 0.717) is 21.6 Å². The summed E-state index contributed by atoms with van der Waals surface area (Å²) in [5.41, 5.74) is 1.90. The van der Waals surface area contributed by atoms with E-state index in [1.165, 1.54) is 6.07 Å². The van der Waals surface area contributed by atoms with Crippen LogP contribution >= 0.6 is 27.5 Å². The van der Waals surface area contributed by atoms with Gasteiger partial charge in [0.1, 0.15) is 5.75 Å². The number of anilines is 1. The third-order valence-electron chi connectivity index (χ3n) is 2.62. The van der Waals surface area contributed by atoms with E-state index >= 15 is 0 Å². The smallest absolute Gasteiger partial charge is 0.255 e. The first-order valence-electron chi connectivity index (χ1n) is 5.55. The lowest BCUT2D eigenvalue weighted by Crippen LogP contribution is -2.12. The number of nitrogens with one attached hydrogen (secondary N) is 1. The van der Waals surface area contributed by atoms with Crippen LogP contribution in [0.15, 0.2) is 46.9 Å². The van der Waals surface area contributed by atoms with Crippen LogP contribution in [0.3, 0.4) is 0 Å². The second kappa shape index (κ2) is 6.08. The number of carbonyl (C=O) groups is 1. The van der Waals surface area contributed by atoms with E-state index < -0.39 is 0 Å². The maximum Gasteiger partial charge on any atom is 0.255 e. The van der Waals surface area contributed by atoms with Crippen LogP contribution in [0.4, 0.5) is 5.69 Å². The Kier molecular flexibility index (Phi) is 4.45. The molecule has 0 bridgehead atoms. The number of phenols is 1. The van der Waals surface area contributed by atoms with Crippen LogP contribution < -0.4 is 5.32 Å². The first kappa shape index (κ1) is 13.9. The largest absolute Gasteiger partial charge is 0.507 e. The average molecular weight is 341 g/mol. The Balaban J connectivity index is 2.23. The van der Waals surface area contributed by atoms with E-state index in [4.69, 9.17) is 11.6 Å². The van der Waals surface area contributed by atoms with Crippen molar-refractivity contribution in [2.24, 2.45) is 0 Å². The molecule has 0 fully saturated rings. The third kappa shape index (κ3) is 3.28. The lowest BCUT2D eigenvalue weighted by molar-refractivity contribution is 0.102. The van der Waals surface area contributed by atoms with Gasteiger partial charge in [-0.05, 0) is 45.8 Å². The summed E-state index contributed by atoms with van der Waals surface area (Å²) >= 11 is 8.98. The molecule has 0 saturated heterocycles. The standard InChI is InChI=1S/C14H11BrClNO2/c15-11-6-5-9(7-13(11)18)14(19)17-12-4-2-1-3-10(12)8-16/h1-7,18H,8H2,(H,17,19). The van der Waals surface area contributed by atoms with Gasteiger partial charge < -0.3 is 10.4 Å². The summed E-state index contributed by atoms with van der Waals surface area (Å²) in [6, 6.07) is 12.0. The number of phenolic OH excluding ortho intramolecular Hbond substituents is 1. The van der Waals surface area contributed by atoms with Crippen LogP contribution in [0.1, 0.15) is 15.9 Å². The SMILES string of the molecule is O=C(Nc1ccccc1CCl)c1ccc(Br)c(O)c1. The molecule has 1 amide bonds. The summed E-state index contributed by atoms with van der Waals surface area (Å²) in [5.74, 6) is 0.0563. The molecule has 5 heteroatoms. The van der Waals surface area contributed by atoms with Crippen molar-refractivity contribution >= 4 is 39.1 Å². The van der Waals surface area contributed by atoms with E-state index in [2.05, 4.69) is 21.2 Å². The van der Waals surface area contributed by atoms with Crippen molar-refractivity contribution in [3.63, 3.8) is 0 Å². The minimum Gasteiger partial charge on any atom is -0.507 e. The lowest BCUT2D eigenvalue weighted by Gasteiger charge is -2.09. The monoisotopic (exact) mass is 339 g/mol. The second-order valence-electron chi connectivity index (χ2n) is 3.91. The topological polar surface area (TPSA) is 49.3 Å². The lowest BCUT2D eigenvalue weighted by atomic mass is 10.1. The molecule has 2 aromatic rings. The van der Waals surface area contributed by atoms with Gasteiger partial charge in [0.05, 0.1) is 4.47 Å². The van der Waals surface area contributed by atoms with Gasteiger partial charge in [-0.1, -0.05) is 18.2 Å². The quantitative estimate of drug-likeness (QED) is 0.825. The van der Waals surface area contributed by atoms with Crippen molar-refractivity contribution in [3.8, 4) is 5.75 Å². The van der Waals surface area contributed by atoms with Gasteiger partial charge >= 0.3 is 0 Å². The summed E-state index contributed by atoms with van der Waals surface area (Å²) in [4.78, 5) is 12.1. The summed E-state index contributed by atoms with van der Waals surface area (Å²) in [7, 11) is 0. The Morgan fingerprint density at radius 3 is 2.68 bits per heavy atom. The molecule has 98 valence electrons. The predicted molar refractivity (Wildman–Crippen MR) is 79.8 cm³/mol. The van der Waals surface area contributed by atoms with Gasteiger partial charge in [-0.2, -0.15) is 0 Å². The Hall–Kier alpha value is -1.52. The number of carbonyl (C=O) groups excluding carboxylic acids is 1. The Labute approximate surface area is 124 Å². The van der Waals surface area contributed by atoms with Gasteiger partial charge in [0.25, 0.3) is 5.91 Å². The fraction of sp³-hybridized carbons (Fsp3) is 0.0714. The molecule has 0 unspecified atom stereocenters. The number of amides is 1. The third-order valence-corrected chi connectivity index (χ3v) is 3.58. The number of benzene rings is 2. The Bertz CT molecular complexity index is 616. The number of halogens is 2. The van der Waals surface area contributed by atoms with Crippen LogP contribution in [0.25, 0.3) is 0 Å². The molecular formula is C14H11BrClNO2. The molecule has 0 aliphatic rings. The van der Waals surface area contributed by atoms with Crippen molar-refractivity contribution in [1.82, 2.24) is 0 Å². The number of para-hydroxylation sites is 1. The van der Waals surface area contributed by atoms with E-state index in [-0.39, 0.29) is 11.7 Å². The normalized spacial score (nSPS) is 10.2. The van der Waals surface area contributed by atoms with Gasteiger partial charge in [-0.25, -0.2) is 0 Å². The van der Waals surface area contributed by atoms with Gasteiger partial charge in [-0.3, -0.25) is 4.79 Å². The van der Waals surface area contributed by atoms with E-state index in [1.54, 1.807) is 18.2 Å². The van der Waals surface area contributed by atoms with Crippen molar-refractivity contribution in [2.75, 3.05) is 5.32 Å². The van der Waals surface area contributed by atoms with Crippen LogP contribution in [-0.2, 0) is 5.88 Å². The summed E-state index contributed by atoms with van der Waals surface area (Å²) in [6.45, 7) is 0. The zero-order valence-electron chi connectivity index (χ0n) is 9.86. The fourth-order valence-electron chi connectivity index (χ4n) is 1.61. The minimum atomic E-state index is -0.291. The van der Waals surface area contributed by atoms with Gasteiger partial charge in [-0.15, -0.1) is 11.6 Å². The highest BCUT2D eigenvalue weighted by atomic mass is 79.9. The van der Waals surface area contributed by atoms with Crippen molar-refractivity contribution < 1.29 is 9.90 Å². The fourth-order valence-corrected chi connectivity index (χ4v) is 2.09. The molecule has 0 heterocycles. The highest BCUT2D eigenvalue weighted by molar-refractivity contribution is 9.10. The molecular weight excluding hydrogens is 330 g/mol. The molecule has 0 atom stereocenters. The number of rotatable bonds is 3. The molecule has 0 spiro atoms. The van der Waals surface area contributed by atoms with Gasteiger partial charge in [0.2, 0.25) is 0 Å². The molecule has 0 radical (unpaired) electrons. The number of hydrogen-bond donors (Lipinski definition) is 2. The van der Waals surface area contributed by atoms with Crippen LogP contribution in [0.2, 0.25) is 0 Å².